The number of piperidine rings is 1. The number of carbonyl (C=O) groups excluding carboxylic acids is 2. The van der Waals surface area contributed by atoms with E-state index in [4.69, 9.17) is 10.5 Å². The predicted octanol–water partition coefficient (Wildman–Crippen LogP) is 1.19. The Balaban J connectivity index is 0.00000288. The summed E-state index contributed by atoms with van der Waals surface area (Å²) in [6.45, 7) is 2.45. The van der Waals surface area contributed by atoms with E-state index in [9.17, 15) is 9.59 Å². The van der Waals surface area contributed by atoms with E-state index in [1.807, 2.05) is 30.3 Å². The van der Waals surface area contributed by atoms with Crippen LogP contribution < -0.4 is 15.8 Å². The van der Waals surface area contributed by atoms with Crippen molar-refractivity contribution in [1.82, 2.24) is 10.2 Å². The molecule has 1 aromatic carbocycles. The van der Waals surface area contributed by atoms with Crippen LogP contribution in [0.15, 0.2) is 30.3 Å². The number of likely N-dealkylation sites (tertiary alicyclic amines) is 1. The molecular formula is C17H26ClN3O3. The van der Waals surface area contributed by atoms with E-state index >= 15 is 0 Å². The van der Waals surface area contributed by atoms with Crippen LogP contribution in [0.25, 0.3) is 0 Å². The average molecular weight is 356 g/mol. The molecule has 0 spiro atoms. The fourth-order valence-electron chi connectivity index (χ4n) is 2.60. The van der Waals surface area contributed by atoms with Crippen molar-refractivity contribution in [2.24, 2.45) is 11.7 Å². The summed E-state index contributed by atoms with van der Waals surface area (Å²) in [6, 6.07) is 9.29. The van der Waals surface area contributed by atoms with Crippen molar-refractivity contribution in [3.05, 3.63) is 30.3 Å². The Labute approximate surface area is 149 Å². The topological polar surface area (TPSA) is 84.7 Å². The second-order valence-electron chi connectivity index (χ2n) is 5.69. The number of benzene rings is 1. The summed E-state index contributed by atoms with van der Waals surface area (Å²) in [5.41, 5.74) is 5.41. The minimum absolute atomic E-state index is 0. The van der Waals surface area contributed by atoms with Crippen molar-refractivity contribution in [3.8, 4) is 5.75 Å². The highest BCUT2D eigenvalue weighted by Gasteiger charge is 2.27. The van der Waals surface area contributed by atoms with Gasteiger partial charge in [0.15, 0.2) is 6.61 Å². The van der Waals surface area contributed by atoms with Gasteiger partial charge in [0.25, 0.3) is 5.91 Å². The van der Waals surface area contributed by atoms with Gasteiger partial charge in [-0.05, 0) is 37.9 Å². The molecule has 1 saturated heterocycles. The highest BCUT2D eigenvalue weighted by Crippen LogP contribution is 2.18. The third kappa shape index (κ3) is 6.37. The van der Waals surface area contributed by atoms with Crippen LogP contribution >= 0.6 is 12.4 Å². The predicted molar refractivity (Wildman–Crippen MR) is 95.2 cm³/mol. The highest BCUT2D eigenvalue weighted by molar-refractivity contribution is 5.85. The number of ether oxygens (including phenoxy) is 1. The van der Waals surface area contributed by atoms with Crippen LogP contribution in [0.4, 0.5) is 0 Å². The number of para-hydroxylation sites is 1. The van der Waals surface area contributed by atoms with Crippen molar-refractivity contribution in [3.63, 3.8) is 0 Å². The summed E-state index contributed by atoms with van der Waals surface area (Å²) >= 11 is 0. The van der Waals surface area contributed by atoms with Gasteiger partial charge in [0.2, 0.25) is 5.91 Å². The molecule has 0 aliphatic carbocycles. The number of halogens is 1. The van der Waals surface area contributed by atoms with E-state index in [0.717, 1.165) is 6.42 Å². The monoisotopic (exact) mass is 355 g/mol. The number of nitrogens with one attached hydrogen (secondary N) is 1. The molecule has 0 aromatic heterocycles. The molecule has 1 heterocycles. The van der Waals surface area contributed by atoms with Crippen LogP contribution in [0.2, 0.25) is 0 Å². The average Bonchev–Trinajstić information content (AvgIpc) is 2.61. The summed E-state index contributed by atoms with van der Waals surface area (Å²) in [4.78, 5) is 25.9. The van der Waals surface area contributed by atoms with Crippen molar-refractivity contribution in [2.45, 2.75) is 19.3 Å². The molecule has 0 atom stereocenters. The van der Waals surface area contributed by atoms with E-state index in [2.05, 4.69) is 5.32 Å². The Kier molecular flexibility index (Phi) is 9.19. The van der Waals surface area contributed by atoms with Crippen LogP contribution in [0.3, 0.4) is 0 Å². The van der Waals surface area contributed by atoms with Gasteiger partial charge >= 0.3 is 0 Å². The molecule has 2 amide bonds. The molecule has 1 aliphatic rings. The lowest BCUT2D eigenvalue weighted by Gasteiger charge is -2.31. The highest BCUT2D eigenvalue weighted by atomic mass is 35.5. The van der Waals surface area contributed by atoms with Gasteiger partial charge in [-0.1, -0.05) is 18.2 Å². The lowest BCUT2D eigenvalue weighted by molar-refractivity contribution is -0.137. The smallest absolute Gasteiger partial charge is 0.260 e. The quantitative estimate of drug-likeness (QED) is 0.719. The van der Waals surface area contributed by atoms with E-state index in [1.165, 1.54) is 0 Å². The summed E-state index contributed by atoms with van der Waals surface area (Å²) in [5.74, 6) is 0.726. The molecule has 2 rings (SSSR count). The van der Waals surface area contributed by atoms with Gasteiger partial charge in [-0.2, -0.15) is 0 Å². The van der Waals surface area contributed by atoms with Crippen LogP contribution in [-0.4, -0.2) is 49.5 Å². The van der Waals surface area contributed by atoms with E-state index in [-0.39, 0.29) is 36.7 Å². The number of amides is 2. The Hall–Kier alpha value is -1.79. The Morgan fingerprint density at radius 2 is 1.88 bits per heavy atom. The molecule has 1 aliphatic heterocycles. The van der Waals surface area contributed by atoms with E-state index < -0.39 is 0 Å². The van der Waals surface area contributed by atoms with Gasteiger partial charge in [-0.25, -0.2) is 0 Å². The maximum absolute atomic E-state index is 12.1. The maximum Gasteiger partial charge on any atom is 0.260 e. The number of hydrogen-bond acceptors (Lipinski definition) is 4. The third-order valence-corrected chi connectivity index (χ3v) is 4.00. The molecule has 0 saturated carbocycles. The van der Waals surface area contributed by atoms with Gasteiger partial charge < -0.3 is 20.7 Å². The van der Waals surface area contributed by atoms with E-state index in [0.29, 0.717) is 44.8 Å². The molecule has 0 unspecified atom stereocenters. The van der Waals surface area contributed by atoms with Gasteiger partial charge in [0.1, 0.15) is 5.75 Å². The molecule has 0 bridgehead atoms. The molecule has 24 heavy (non-hydrogen) atoms. The number of nitrogens with zero attached hydrogens (tertiary/aromatic N) is 1. The Bertz CT molecular complexity index is 505. The molecule has 7 heteroatoms. The number of nitrogens with two attached hydrogens (primary N) is 1. The van der Waals surface area contributed by atoms with Crippen molar-refractivity contribution < 1.29 is 14.3 Å². The van der Waals surface area contributed by atoms with Crippen molar-refractivity contribution in [1.29, 1.82) is 0 Å². The first kappa shape index (κ1) is 20.3. The second kappa shape index (κ2) is 10.9. The molecule has 6 nitrogen and oxygen atoms in total. The van der Waals surface area contributed by atoms with Crippen LogP contribution in [0.1, 0.15) is 19.3 Å². The van der Waals surface area contributed by atoms with E-state index in [1.54, 1.807) is 4.90 Å². The van der Waals surface area contributed by atoms with Gasteiger partial charge in [0.05, 0.1) is 0 Å². The van der Waals surface area contributed by atoms with Crippen LogP contribution in [0, 0.1) is 5.92 Å². The zero-order valence-corrected chi connectivity index (χ0v) is 14.6. The van der Waals surface area contributed by atoms with Gasteiger partial charge in [-0.3, -0.25) is 9.59 Å². The first-order valence-electron chi connectivity index (χ1n) is 8.14. The first-order valence-corrected chi connectivity index (χ1v) is 8.14. The zero-order valence-electron chi connectivity index (χ0n) is 13.8. The first-order chi connectivity index (χ1) is 11.2. The standard InChI is InChI=1S/C17H25N3O3.ClH/c18-9-4-10-19-17(22)14-7-11-20(12-8-14)16(21)13-23-15-5-2-1-3-6-15;/h1-3,5-6,14H,4,7-13,18H2,(H,19,22);1H. The molecule has 1 fully saturated rings. The van der Waals surface area contributed by atoms with Crippen molar-refractivity contribution >= 4 is 24.2 Å². The number of hydrogen-bond donors (Lipinski definition) is 2. The Morgan fingerprint density at radius 1 is 1.21 bits per heavy atom. The maximum atomic E-state index is 12.1. The number of rotatable bonds is 7. The molecular weight excluding hydrogens is 330 g/mol. The fraction of sp³-hybridized carbons (Fsp3) is 0.529. The lowest BCUT2D eigenvalue weighted by atomic mass is 9.96. The third-order valence-electron chi connectivity index (χ3n) is 4.00. The number of carbonyl (C=O) groups is 2. The van der Waals surface area contributed by atoms with Gasteiger partial charge in [0, 0.05) is 25.6 Å². The van der Waals surface area contributed by atoms with Crippen LogP contribution in [0.5, 0.6) is 5.75 Å². The SMILES string of the molecule is Cl.NCCCNC(=O)C1CCN(C(=O)COc2ccccc2)CC1. The normalized spacial score (nSPS) is 14.6. The lowest BCUT2D eigenvalue weighted by Crippen LogP contribution is -2.44. The summed E-state index contributed by atoms with van der Waals surface area (Å²) in [6.07, 6.45) is 2.19. The summed E-state index contributed by atoms with van der Waals surface area (Å²) in [5, 5.41) is 2.90. The zero-order chi connectivity index (χ0) is 16.5. The summed E-state index contributed by atoms with van der Waals surface area (Å²) < 4.78 is 5.48. The minimum Gasteiger partial charge on any atom is -0.484 e. The second-order valence-corrected chi connectivity index (χ2v) is 5.69. The largest absolute Gasteiger partial charge is 0.484 e. The molecule has 3 N–H and O–H groups in total. The molecule has 134 valence electrons. The van der Waals surface area contributed by atoms with Crippen LogP contribution in [-0.2, 0) is 9.59 Å². The van der Waals surface area contributed by atoms with Crippen molar-refractivity contribution in [2.75, 3.05) is 32.8 Å². The summed E-state index contributed by atoms with van der Waals surface area (Å²) in [7, 11) is 0. The molecule has 1 aromatic rings. The Morgan fingerprint density at radius 3 is 2.50 bits per heavy atom. The fourth-order valence-corrected chi connectivity index (χ4v) is 2.60. The van der Waals surface area contributed by atoms with Gasteiger partial charge in [-0.15, -0.1) is 12.4 Å². The minimum atomic E-state index is -0.0316. The molecule has 0 radical (unpaired) electrons.